The molecule has 1 aliphatic rings. The molecule has 6 heteroatoms. The molecule has 1 aliphatic heterocycles. The SMILES string of the molecule is CS(=O)(=O)N1C(=O)c2ccccc2C1=O. The molecular weight excluding hydrogens is 218 g/mol. The van der Waals surface area contributed by atoms with E-state index in [1.165, 1.54) is 12.1 Å². The minimum absolute atomic E-state index is 0.132. The zero-order chi connectivity index (χ0) is 11.2. The zero-order valence-electron chi connectivity index (χ0n) is 7.80. The van der Waals surface area contributed by atoms with Gasteiger partial charge in [0.15, 0.2) is 0 Å². The summed E-state index contributed by atoms with van der Waals surface area (Å²) in [5.41, 5.74) is 0.265. The average Bonchev–Trinajstić information content (AvgIpc) is 2.39. The lowest BCUT2D eigenvalue weighted by molar-refractivity contribution is 0.0766. The lowest BCUT2D eigenvalue weighted by atomic mass is 10.1. The van der Waals surface area contributed by atoms with E-state index in [4.69, 9.17) is 0 Å². The normalized spacial score (nSPS) is 15.7. The molecule has 0 N–H and O–H groups in total. The second kappa shape index (κ2) is 2.90. The minimum atomic E-state index is -3.83. The maximum absolute atomic E-state index is 11.6. The van der Waals surface area contributed by atoms with Gasteiger partial charge in [0.25, 0.3) is 11.8 Å². The van der Waals surface area contributed by atoms with Crippen LogP contribution in [-0.2, 0) is 10.0 Å². The van der Waals surface area contributed by atoms with Crippen LogP contribution in [0.1, 0.15) is 20.7 Å². The van der Waals surface area contributed by atoms with Crippen LogP contribution in [0.15, 0.2) is 24.3 Å². The van der Waals surface area contributed by atoms with E-state index >= 15 is 0 Å². The first-order chi connectivity index (χ1) is 6.93. The Morgan fingerprint density at radius 2 is 1.40 bits per heavy atom. The minimum Gasteiger partial charge on any atom is -0.267 e. The first-order valence-electron chi connectivity index (χ1n) is 4.11. The first kappa shape index (κ1) is 9.85. The van der Waals surface area contributed by atoms with Crippen molar-refractivity contribution in [2.45, 2.75) is 0 Å². The Bertz CT molecular complexity index is 526. The van der Waals surface area contributed by atoms with Crippen LogP contribution < -0.4 is 0 Å². The number of imide groups is 1. The molecule has 78 valence electrons. The van der Waals surface area contributed by atoms with Gasteiger partial charge in [-0.25, -0.2) is 8.42 Å². The van der Waals surface area contributed by atoms with Gasteiger partial charge in [-0.1, -0.05) is 12.1 Å². The highest BCUT2D eigenvalue weighted by molar-refractivity contribution is 7.89. The number of fused-ring (bicyclic) bond motifs is 1. The number of carbonyl (C=O) groups is 2. The van der Waals surface area contributed by atoms with Crippen LogP contribution in [-0.4, -0.2) is 30.8 Å². The molecule has 0 saturated heterocycles. The van der Waals surface area contributed by atoms with E-state index in [-0.39, 0.29) is 15.4 Å². The summed E-state index contributed by atoms with van der Waals surface area (Å²) in [7, 11) is -3.83. The molecule has 5 nitrogen and oxygen atoms in total. The van der Waals surface area contributed by atoms with Gasteiger partial charge in [-0.2, -0.15) is 4.31 Å². The van der Waals surface area contributed by atoms with E-state index in [9.17, 15) is 18.0 Å². The standard InChI is InChI=1S/C9H7NO4S/c1-15(13,14)10-8(11)6-4-2-3-5-7(6)9(10)12/h2-5H,1H3. The van der Waals surface area contributed by atoms with Crippen LogP contribution in [0.2, 0.25) is 0 Å². The van der Waals surface area contributed by atoms with E-state index in [1.54, 1.807) is 12.1 Å². The maximum Gasteiger partial charge on any atom is 0.275 e. The van der Waals surface area contributed by atoms with Gasteiger partial charge in [0, 0.05) is 0 Å². The van der Waals surface area contributed by atoms with Crippen molar-refractivity contribution in [3.63, 3.8) is 0 Å². The number of carbonyl (C=O) groups excluding carboxylic acids is 2. The second-order valence-corrected chi connectivity index (χ2v) is 5.01. The van der Waals surface area contributed by atoms with E-state index in [1.807, 2.05) is 0 Å². The average molecular weight is 225 g/mol. The maximum atomic E-state index is 11.6. The molecule has 1 heterocycles. The van der Waals surface area contributed by atoms with Gasteiger partial charge < -0.3 is 0 Å². The Hall–Kier alpha value is -1.69. The molecular formula is C9H7NO4S. The molecule has 0 radical (unpaired) electrons. The van der Waals surface area contributed by atoms with E-state index in [0.29, 0.717) is 0 Å². The summed E-state index contributed by atoms with van der Waals surface area (Å²) in [5.74, 6) is -1.56. The van der Waals surface area contributed by atoms with Crippen molar-refractivity contribution in [1.82, 2.24) is 4.31 Å². The summed E-state index contributed by atoms with van der Waals surface area (Å²) >= 11 is 0. The largest absolute Gasteiger partial charge is 0.275 e. The third kappa shape index (κ3) is 1.33. The van der Waals surface area contributed by atoms with Gasteiger partial charge in [-0.15, -0.1) is 0 Å². The number of amides is 2. The van der Waals surface area contributed by atoms with Crippen molar-refractivity contribution in [3.05, 3.63) is 35.4 Å². The predicted octanol–water partition coefficient (Wildman–Crippen LogP) is 0.242. The van der Waals surface area contributed by atoms with Crippen molar-refractivity contribution in [3.8, 4) is 0 Å². The molecule has 0 aliphatic carbocycles. The van der Waals surface area contributed by atoms with Crippen molar-refractivity contribution < 1.29 is 18.0 Å². The number of nitrogens with zero attached hydrogens (tertiary/aromatic N) is 1. The molecule has 0 unspecified atom stereocenters. The number of sulfonamides is 1. The van der Waals surface area contributed by atoms with Crippen LogP contribution in [0.4, 0.5) is 0 Å². The fraction of sp³-hybridized carbons (Fsp3) is 0.111. The van der Waals surface area contributed by atoms with E-state index in [0.717, 1.165) is 6.26 Å². The summed E-state index contributed by atoms with van der Waals surface area (Å²) in [6.07, 6.45) is 0.828. The van der Waals surface area contributed by atoms with E-state index in [2.05, 4.69) is 0 Å². The number of hydrogen-bond acceptors (Lipinski definition) is 4. The number of hydrogen-bond donors (Lipinski definition) is 0. The van der Waals surface area contributed by atoms with Gasteiger partial charge >= 0.3 is 0 Å². The molecule has 0 spiro atoms. The quantitative estimate of drug-likeness (QED) is 0.642. The highest BCUT2D eigenvalue weighted by Crippen LogP contribution is 2.24. The lowest BCUT2D eigenvalue weighted by Gasteiger charge is -2.09. The van der Waals surface area contributed by atoms with Gasteiger partial charge in [0.05, 0.1) is 17.4 Å². The zero-order valence-corrected chi connectivity index (χ0v) is 8.61. The molecule has 2 amide bonds. The number of benzene rings is 1. The molecule has 0 bridgehead atoms. The third-order valence-electron chi connectivity index (χ3n) is 2.09. The number of rotatable bonds is 1. The van der Waals surface area contributed by atoms with Gasteiger partial charge in [-0.3, -0.25) is 9.59 Å². The topological polar surface area (TPSA) is 71.5 Å². The van der Waals surface area contributed by atoms with Crippen molar-refractivity contribution in [2.24, 2.45) is 0 Å². The molecule has 15 heavy (non-hydrogen) atoms. The Morgan fingerprint density at radius 3 is 1.73 bits per heavy atom. The fourth-order valence-electron chi connectivity index (χ4n) is 1.47. The van der Waals surface area contributed by atoms with Gasteiger partial charge in [0.2, 0.25) is 10.0 Å². The monoisotopic (exact) mass is 225 g/mol. The lowest BCUT2D eigenvalue weighted by Crippen LogP contribution is -2.35. The Labute approximate surface area is 86.4 Å². The highest BCUT2D eigenvalue weighted by atomic mass is 32.2. The molecule has 1 aromatic rings. The third-order valence-corrected chi connectivity index (χ3v) is 3.08. The van der Waals surface area contributed by atoms with Crippen LogP contribution >= 0.6 is 0 Å². The predicted molar refractivity (Wildman–Crippen MR) is 51.8 cm³/mol. The Kier molecular flexibility index (Phi) is 1.90. The summed E-state index contributed by atoms with van der Waals surface area (Å²) < 4.78 is 22.7. The molecule has 1 aromatic carbocycles. The highest BCUT2D eigenvalue weighted by Gasteiger charge is 2.40. The summed E-state index contributed by atoms with van der Waals surface area (Å²) in [6, 6.07) is 6.02. The smallest absolute Gasteiger partial charge is 0.267 e. The fourth-order valence-corrected chi connectivity index (χ4v) is 2.27. The molecule has 0 aromatic heterocycles. The van der Waals surface area contributed by atoms with Gasteiger partial charge in [0.1, 0.15) is 0 Å². The molecule has 0 saturated carbocycles. The Morgan fingerprint density at radius 1 is 1.00 bits per heavy atom. The van der Waals surface area contributed by atoms with Gasteiger partial charge in [-0.05, 0) is 12.1 Å². The molecule has 0 atom stereocenters. The van der Waals surface area contributed by atoms with Crippen molar-refractivity contribution in [1.29, 1.82) is 0 Å². The summed E-state index contributed by atoms with van der Waals surface area (Å²) in [5, 5.41) is 0. The second-order valence-electron chi connectivity index (χ2n) is 3.18. The van der Waals surface area contributed by atoms with Crippen molar-refractivity contribution in [2.75, 3.05) is 6.26 Å². The van der Waals surface area contributed by atoms with Crippen LogP contribution in [0.5, 0.6) is 0 Å². The van der Waals surface area contributed by atoms with E-state index < -0.39 is 21.8 Å². The first-order valence-corrected chi connectivity index (χ1v) is 5.96. The van der Waals surface area contributed by atoms with Crippen LogP contribution in [0.25, 0.3) is 0 Å². The molecule has 0 fully saturated rings. The van der Waals surface area contributed by atoms with Crippen LogP contribution in [0, 0.1) is 0 Å². The van der Waals surface area contributed by atoms with Crippen LogP contribution in [0.3, 0.4) is 0 Å². The summed E-state index contributed by atoms with van der Waals surface area (Å²) in [6.45, 7) is 0. The van der Waals surface area contributed by atoms with Crippen molar-refractivity contribution >= 4 is 21.8 Å². The Balaban J connectivity index is 2.66. The molecule has 2 rings (SSSR count). The summed E-state index contributed by atoms with van der Waals surface area (Å²) in [4.78, 5) is 23.2.